The van der Waals surface area contributed by atoms with Gasteiger partial charge in [-0.1, -0.05) is 52.9 Å². The first-order chi connectivity index (χ1) is 7.18. The van der Waals surface area contributed by atoms with Crippen LogP contribution in [-0.4, -0.2) is 13.1 Å². The highest BCUT2D eigenvalue weighted by Crippen LogP contribution is 2.28. The molecule has 1 heteroatoms. The minimum absolute atomic E-state index is 0.784. The molecule has 0 aliphatic heterocycles. The lowest BCUT2D eigenvalue weighted by Crippen LogP contribution is -2.26. The van der Waals surface area contributed by atoms with E-state index in [1.54, 1.807) is 0 Å². The summed E-state index contributed by atoms with van der Waals surface area (Å²) in [6.45, 7) is 9.35. The number of hydrogen-bond acceptors (Lipinski definition) is 1. The van der Waals surface area contributed by atoms with E-state index in [4.69, 9.17) is 0 Å². The Morgan fingerprint density at radius 3 is 2.27 bits per heavy atom. The monoisotopic (exact) mass is 211 g/mol. The first-order valence-electron chi connectivity index (χ1n) is 6.89. The van der Waals surface area contributed by atoms with Gasteiger partial charge in [-0.3, -0.25) is 0 Å². The van der Waals surface area contributed by atoms with E-state index in [9.17, 15) is 0 Å². The maximum Gasteiger partial charge on any atom is -0.00229 e. The quantitative estimate of drug-likeness (QED) is 0.704. The second kappa shape index (κ2) is 7.27. The third-order valence-corrected chi connectivity index (χ3v) is 3.51. The normalized spacial score (nSPS) is 20.8. The minimum Gasteiger partial charge on any atom is -0.316 e. The molecule has 1 aliphatic carbocycles. The van der Waals surface area contributed by atoms with Crippen LogP contribution in [0.1, 0.15) is 59.3 Å². The summed E-state index contributed by atoms with van der Waals surface area (Å²) in [6, 6.07) is 0. The van der Waals surface area contributed by atoms with Crippen molar-refractivity contribution >= 4 is 0 Å². The Balaban J connectivity index is 2.03. The van der Waals surface area contributed by atoms with Crippen LogP contribution in [-0.2, 0) is 0 Å². The first-order valence-corrected chi connectivity index (χ1v) is 6.89. The largest absolute Gasteiger partial charge is 0.316 e. The van der Waals surface area contributed by atoms with Crippen molar-refractivity contribution in [2.75, 3.05) is 13.1 Å². The Bertz CT molecular complexity index is 147. The highest BCUT2D eigenvalue weighted by Gasteiger charge is 2.16. The topological polar surface area (TPSA) is 12.0 Å². The summed E-state index contributed by atoms with van der Waals surface area (Å²) in [4.78, 5) is 0. The van der Waals surface area contributed by atoms with E-state index in [0.717, 1.165) is 17.8 Å². The molecule has 1 fully saturated rings. The molecule has 1 saturated carbocycles. The van der Waals surface area contributed by atoms with Gasteiger partial charge in [0.1, 0.15) is 0 Å². The zero-order valence-electron chi connectivity index (χ0n) is 10.9. The lowest BCUT2D eigenvalue weighted by Gasteiger charge is -2.25. The van der Waals surface area contributed by atoms with Gasteiger partial charge in [0.25, 0.3) is 0 Å². The highest BCUT2D eigenvalue weighted by molar-refractivity contribution is 4.69. The van der Waals surface area contributed by atoms with Crippen LogP contribution in [0.25, 0.3) is 0 Å². The molecule has 15 heavy (non-hydrogen) atoms. The van der Waals surface area contributed by atoms with E-state index in [1.165, 1.54) is 51.6 Å². The van der Waals surface area contributed by atoms with Crippen LogP contribution >= 0.6 is 0 Å². The van der Waals surface area contributed by atoms with Crippen LogP contribution in [0.5, 0.6) is 0 Å². The Hall–Kier alpha value is -0.0400. The van der Waals surface area contributed by atoms with Crippen molar-refractivity contribution in [1.82, 2.24) is 5.32 Å². The maximum absolute atomic E-state index is 3.57. The molecule has 0 radical (unpaired) electrons. The van der Waals surface area contributed by atoms with Crippen LogP contribution in [0.3, 0.4) is 0 Å². The molecule has 1 N–H and O–H groups in total. The van der Waals surface area contributed by atoms with Gasteiger partial charge in [0.15, 0.2) is 0 Å². The molecule has 1 nitrogen and oxygen atoms in total. The second-order valence-electron chi connectivity index (χ2n) is 5.90. The van der Waals surface area contributed by atoms with Gasteiger partial charge in [-0.05, 0) is 37.3 Å². The summed E-state index contributed by atoms with van der Waals surface area (Å²) in [7, 11) is 0. The van der Waals surface area contributed by atoms with E-state index in [1.807, 2.05) is 0 Å². The molecule has 0 bridgehead atoms. The zero-order chi connectivity index (χ0) is 11.1. The lowest BCUT2D eigenvalue weighted by atomic mass is 9.83. The molecule has 1 aliphatic rings. The first kappa shape index (κ1) is 13.0. The summed E-state index contributed by atoms with van der Waals surface area (Å²) in [5, 5.41) is 3.57. The smallest absolute Gasteiger partial charge is 0.00229 e. The second-order valence-corrected chi connectivity index (χ2v) is 5.90. The molecule has 0 aromatic heterocycles. The van der Waals surface area contributed by atoms with Gasteiger partial charge < -0.3 is 5.32 Å². The Kier molecular flexibility index (Phi) is 6.31. The maximum atomic E-state index is 3.57. The average Bonchev–Trinajstić information content (AvgIpc) is 2.18. The number of rotatable bonds is 6. The fraction of sp³-hybridized carbons (Fsp3) is 1.00. The van der Waals surface area contributed by atoms with Gasteiger partial charge in [0.2, 0.25) is 0 Å². The summed E-state index contributed by atoms with van der Waals surface area (Å²) in [5.74, 6) is 2.69. The van der Waals surface area contributed by atoms with Crippen LogP contribution in [0.15, 0.2) is 0 Å². The fourth-order valence-corrected chi connectivity index (χ4v) is 2.69. The Labute approximate surface area is 96.0 Å². The van der Waals surface area contributed by atoms with Crippen LogP contribution in [0.2, 0.25) is 0 Å². The van der Waals surface area contributed by atoms with Gasteiger partial charge in [0, 0.05) is 0 Å². The van der Waals surface area contributed by atoms with Gasteiger partial charge in [0.05, 0.1) is 0 Å². The molecule has 0 spiro atoms. The number of hydrogen-bond donors (Lipinski definition) is 1. The number of nitrogens with one attached hydrogen (secondary N) is 1. The van der Waals surface area contributed by atoms with E-state index in [-0.39, 0.29) is 0 Å². The van der Waals surface area contributed by atoms with Crippen molar-refractivity contribution in [3.8, 4) is 0 Å². The molecule has 0 amide bonds. The van der Waals surface area contributed by atoms with E-state index < -0.39 is 0 Å². The molecule has 0 heterocycles. The molecule has 0 aromatic rings. The predicted molar refractivity (Wildman–Crippen MR) is 68.1 cm³/mol. The third-order valence-electron chi connectivity index (χ3n) is 3.51. The SMILES string of the molecule is CC(C)CNCC(C)CC1CCCCC1. The highest BCUT2D eigenvalue weighted by atomic mass is 14.9. The van der Waals surface area contributed by atoms with E-state index in [0.29, 0.717) is 0 Å². The summed E-state index contributed by atoms with van der Waals surface area (Å²) in [5.41, 5.74) is 0. The van der Waals surface area contributed by atoms with E-state index >= 15 is 0 Å². The molecule has 1 atom stereocenters. The predicted octanol–water partition coefficient (Wildman–Crippen LogP) is 3.84. The third kappa shape index (κ3) is 6.19. The van der Waals surface area contributed by atoms with Crippen molar-refractivity contribution < 1.29 is 0 Å². The van der Waals surface area contributed by atoms with Crippen molar-refractivity contribution in [3.63, 3.8) is 0 Å². The van der Waals surface area contributed by atoms with Gasteiger partial charge in [-0.15, -0.1) is 0 Å². The van der Waals surface area contributed by atoms with Gasteiger partial charge >= 0.3 is 0 Å². The van der Waals surface area contributed by atoms with Crippen LogP contribution in [0.4, 0.5) is 0 Å². The van der Waals surface area contributed by atoms with Crippen LogP contribution < -0.4 is 5.32 Å². The molecular formula is C14H29N. The van der Waals surface area contributed by atoms with Gasteiger partial charge in [-0.25, -0.2) is 0 Å². The average molecular weight is 211 g/mol. The molecular weight excluding hydrogens is 182 g/mol. The molecule has 0 saturated heterocycles. The van der Waals surface area contributed by atoms with Crippen molar-refractivity contribution in [3.05, 3.63) is 0 Å². The molecule has 90 valence electrons. The molecule has 1 rings (SSSR count). The lowest BCUT2D eigenvalue weighted by molar-refractivity contribution is 0.290. The Morgan fingerprint density at radius 2 is 1.67 bits per heavy atom. The van der Waals surface area contributed by atoms with Gasteiger partial charge in [-0.2, -0.15) is 0 Å². The summed E-state index contributed by atoms with van der Waals surface area (Å²) in [6.07, 6.45) is 8.89. The summed E-state index contributed by atoms with van der Waals surface area (Å²) < 4.78 is 0. The summed E-state index contributed by atoms with van der Waals surface area (Å²) >= 11 is 0. The zero-order valence-corrected chi connectivity index (χ0v) is 10.9. The van der Waals surface area contributed by atoms with E-state index in [2.05, 4.69) is 26.1 Å². The Morgan fingerprint density at radius 1 is 1.00 bits per heavy atom. The van der Waals surface area contributed by atoms with Crippen molar-refractivity contribution in [2.45, 2.75) is 59.3 Å². The fourth-order valence-electron chi connectivity index (χ4n) is 2.69. The molecule has 0 aromatic carbocycles. The van der Waals surface area contributed by atoms with Crippen molar-refractivity contribution in [1.29, 1.82) is 0 Å². The minimum atomic E-state index is 0.784. The standard InChI is InChI=1S/C14H29N/c1-12(2)10-15-11-13(3)9-14-7-5-4-6-8-14/h12-15H,4-11H2,1-3H3. The molecule has 1 unspecified atom stereocenters. The van der Waals surface area contributed by atoms with Crippen LogP contribution in [0, 0.1) is 17.8 Å². The van der Waals surface area contributed by atoms with Crippen molar-refractivity contribution in [2.24, 2.45) is 17.8 Å².